The highest BCUT2D eigenvalue weighted by Gasteiger charge is 2.42. The molecule has 0 bridgehead atoms. The van der Waals surface area contributed by atoms with Crippen LogP contribution in [0.2, 0.25) is 0 Å². The lowest BCUT2D eigenvalue weighted by Crippen LogP contribution is -2.29. The van der Waals surface area contributed by atoms with Gasteiger partial charge in [0.05, 0.1) is 5.56 Å². The van der Waals surface area contributed by atoms with Gasteiger partial charge in [0.15, 0.2) is 15.6 Å². The monoisotopic (exact) mass is 311 g/mol. The Morgan fingerprint density at radius 1 is 1.25 bits per heavy atom. The Bertz CT molecular complexity index is 666. The van der Waals surface area contributed by atoms with E-state index >= 15 is 0 Å². The molecule has 0 spiro atoms. The molecule has 1 aromatic rings. The Morgan fingerprint density at radius 3 is 2.20 bits per heavy atom. The van der Waals surface area contributed by atoms with E-state index in [-0.39, 0.29) is 0 Å². The van der Waals surface area contributed by atoms with E-state index in [1.54, 1.807) is 0 Å². The summed E-state index contributed by atoms with van der Waals surface area (Å²) in [7, 11) is -4.15. The van der Waals surface area contributed by atoms with E-state index in [1.165, 1.54) is 0 Å². The molecule has 0 saturated carbocycles. The van der Waals surface area contributed by atoms with Crippen LogP contribution in [0.25, 0.3) is 0 Å². The van der Waals surface area contributed by atoms with E-state index in [1.807, 2.05) is 0 Å². The van der Waals surface area contributed by atoms with Crippen LogP contribution in [0, 0.1) is 0 Å². The third-order valence-corrected chi connectivity index (χ3v) is 3.21. The highest BCUT2D eigenvalue weighted by molar-refractivity contribution is 7.90. The molecule has 0 fully saturated rings. The van der Waals surface area contributed by atoms with Crippen molar-refractivity contribution in [1.29, 1.82) is 0 Å². The number of amides is 1. The molecule has 0 aliphatic carbocycles. The molecule has 0 radical (unpaired) electrons. The molecule has 20 heavy (non-hydrogen) atoms. The van der Waals surface area contributed by atoms with Crippen molar-refractivity contribution in [3.05, 3.63) is 23.8 Å². The minimum absolute atomic E-state index is 0.569. The number of nitrogens with two attached hydrogens (primary N) is 1. The van der Waals surface area contributed by atoms with Crippen molar-refractivity contribution in [2.75, 3.05) is 6.26 Å². The summed E-state index contributed by atoms with van der Waals surface area (Å²) in [6.45, 7) is 0. The molecule has 110 valence electrons. The van der Waals surface area contributed by atoms with E-state index in [2.05, 4.69) is 4.74 Å². The normalized spacial score (nSPS) is 12.0. The third-order valence-electron chi connectivity index (χ3n) is 2.05. The maximum Gasteiger partial charge on any atom is 0.491 e. The second-order valence-corrected chi connectivity index (χ2v) is 5.61. The van der Waals surface area contributed by atoms with E-state index in [4.69, 9.17) is 5.73 Å². The van der Waals surface area contributed by atoms with Gasteiger partial charge in [-0.2, -0.15) is 13.2 Å². The van der Waals surface area contributed by atoms with Gasteiger partial charge >= 0.3 is 12.1 Å². The maximum atomic E-state index is 12.1. The largest absolute Gasteiger partial charge is 0.491 e. The molecule has 0 aliphatic rings. The fraction of sp³-hybridized carbons (Fsp3) is 0.200. The molecule has 0 unspecified atom stereocenters. The summed E-state index contributed by atoms with van der Waals surface area (Å²) >= 11 is 0. The molecule has 0 aliphatic heterocycles. The Morgan fingerprint density at radius 2 is 1.80 bits per heavy atom. The molecule has 1 aromatic carbocycles. The Hall–Kier alpha value is -2.10. The number of benzene rings is 1. The molecule has 0 heterocycles. The zero-order valence-electron chi connectivity index (χ0n) is 9.89. The number of carbonyl (C=O) groups excluding carboxylic acids is 2. The van der Waals surface area contributed by atoms with Crippen LogP contribution >= 0.6 is 0 Å². The van der Waals surface area contributed by atoms with Gasteiger partial charge in [0.25, 0.3) is 0 Å². The van der Waals surface area contributed by atoms with Gasteiger partial charge in [-0.1, -0.05) is 6.07 Å². The molecule has 6 nitrogen and oxygen atoms in total. The standard InChI is InChI=1S/C10H8F3NO5S/c1-20(17,18)7-5(8(14)15)3-2-4-6(7)19-9(16)10(11,12)13/h2-4H,1H3,(H2,14,15). The zero-order valence-corrected chi connectivity index (χ0v) is 10.7. The predicted molar refractivity (Wildman–Crippen MR) is 59.8 cm³/mol. The highest BCUT2D eigenvalue weighted by atomic mass is 32.2. The van der Waals surface area contributed by atoms with E-state index in [0.717, 1.165) is 18.2 Å². The number of hydrogen-bond donors (Lipinski definition) is 1. The number of alkyl halides is 3. The predicted octanol–water partition coefficient (Wildman–Crippen LogP) is 0.657. The van der Waals surface area contributed by atoms with Gasteiger partial charge in [0, 0.05) is 6.26 Å². The molecule has 0 aromatic heterocycles. The van der Waals surface area contributed by atoms with Crippen molar-refractivity contribution in [3.63, 3.8) is 0 Å². The Labute approximate surface area is 111 Å². The van der Waals surface area contributed by atoms with Crippen molar-refractivity contribution >= 4 is 21.7 Å². The second kappa shape index (κ2) is 5.12. The van der Waals surface area contributed by atoms with Crippen LogP contribution in [0.15, 0.2) is 23.1 Å². The van der Waals surface area contributed by atoms with Gasteiger partial charge < -0.3 is 10.5 Å². The first-order chi connectivity index (χ1) is 8.94. The summed E-state index contributed by atoms with van der Waals surface area (Å²) in [6.07, 6.45) is -4.67. The molecule has 0 atom stereocenters. The minimum Gasteiger partial charge on any atom is -0.418 e. The number of ether oxygens (including phenoxy) is 1. The molecule has 0 saturated heterocycles. The molecular formula is C10H8F3NO5S. The van der Waals surface area contributed by atoms with Crippen molar-refractivity contribution in [3.8, 4) is 5.75 Å². The fourth-order valence-electron chi connectivity index (χ4n) is 1.33. The number of esters is 1. The average molecular weight is 311 g/mol. The quantitative estimate of drug-likeness (QED) is 0.652. The van der Waals surface area contributed by atoms with Crippen molar-refractivity contribution in [2.45, 2.75) is 11.1 Å². The third kappa shape index (κ3) is 3.47. The first kappa shape index (κ1) is 16.0. The van der Waals surface area contributed by atoms with Gasteiger partial charge in [-0.15, -0.1) is 0 Å². The number of halogens is 3. The van der Waals surface area contributed by atoms with Crippen LogP contribution in [0.3, 0.4) is 0 Å². The topological polar surface area (TPSA) is 104 Å². The zero-order chi connectivity index (χ0) is 15.7. The van der Waals surface area contributed by atoms with Crippen LogP contribution in [0.4, 0.5) is 13.2 Å². The van der Waals surface area contributed by atoms with Crippen LogP contribution < -0.4 is 10.5 Å². The average Bonchev–Trinajstić information content (AvgIpc) is 2.25. The molecule has 2 N–H and O–H groups in total. The summed E-state index contributed by atoms with van der Waals surface area (Å²) in [5.74, 6) is -4.70. The SMILES string of the molecule is CS(=O)(=O)c1c(OC(=O)C(F)(F)F)cccc1C(N)=O. The number of carbonyl (C=O) groups is 2. The maximum absolute atomic E-state index is 12.1. The van der Waals surface area contributed by atoms with E-state index < -0.39 is 44.1 Å². The summed E-state index contributed by atoms with van der Waals surface area (Å²) in [6, 6.07) is 2.84. The van der Waals surface area contributed by atoms with Crippen LogP contribution in [-0.2, 0) is 14.6 Å². The molecule has 1 rings (SSSR count). The summed E-state index contributed by atoms with van der Waals surface area (Å²) in [4.78, 5) is 21.0. The first-order valence-electron chi connectivity index (χ1n) is 4.86. The smallest absolute Gasteiger partial charge is 0.418 e. The fourth-order valence-corrected chi connectivity index (χ4v) is 2.37. The van der Waals surface area contributed by atoms with Gasteiger partial charge in [0.2, 0.25) is 5.91 Å². The molecule has 10 heteroatoms. The van der Waals surface area contributed by atoms with Gasteiger partial charge in [-0.05, 0) is 12.1 Å². The lowest BCUT2D eigenvalue weighted by Gasteiger charge is -2.12. The van der Waals surface area contributed by atoms with Crippen LogP contribution in [0.5, 0.6) is 5.75 Å². The Balaban J connectivity index is 3.46. The molecular weight excluding hydrogens is 303 g/mol. The first-order valence-corrected chi connectivity index (χ1v) is 6.75. The minimum atomic E-state index is -5.31. The van der Waals surface area contributed by atoms with Gasteiger partial charge in [-0.3, -0.25) is 4.79 Å². The number of hydrogen-bond acceptors (Lipinski definition) is 5. The highest BCUT2D eigenvalue weighted by Crippen LogP contribution is 2.29. The summed E-state index contributed by atoms with van der Waals surface area (Å²) in [5, 5.41) is 0. The van der Waals surface area contributed by atoms with Crippen LogP contribution in [0.1, 0.15) is 10.4 Å². The van der Waals surface area contributed by atoms with Gasteiger partial charge in [-0.25, -0.2) is 13.2 Å². The lowest BCUT2D eigenvalue weighted by molar-refractivity contribution is -0.189. The number of rotatable bonds is 3. The second-order valence-electron chi connectivity index (χ2n) is 3.66. The number of primary amides is 1. The van der Waals surface area contributed by atoms with Gasteiger partial charge in [0.1, 0.15) is 4.90 Å². The van der Waals surface area contributed by atoms with E-state index in [9.17, 15) is 31.2 Å². The van der Waals surface area contributed by atoms with Crippen molar-refractivity contribution in [1.82, 2.24) is 0 Å². The van der Waals surface area contributed by atoms with Crippen molar-refractivity contribution < 1.29 is 35.9 Å². The van der Waals surface area contributed by atoms with Crippen molar-refractivity contribution in [2.24, 2.45) is 5.73 Å². The molecule has 1 amide bonds. The van der Waals surface area contributed by atoms with Crippen LogP contribution in [-0.4, -0.2) is 32.7 Å². The lowest BCUT2D eigenvalue weighted by atomic mass is 10.2. The summed E-state index contributed by atoms with van der Waals surface area (Å²) < 4.78 is 63.4. The number of sulfone groups is 1. The Kier molecular flexibility index (Phi) is 4.08. The van der Waals surface area contributed by atoms with E-state index in [0.29, 0.717) is 6.26 Å². The summed E-state index contributed by atoms with van der Waals surface area (Å²) in [5.41, 5.74) is 4.36.